The van der Waals surface area contributed by atoms with Gasteiger partial charge < -0.3 is 10.6 Å². The molecule has 0 bridgehead atoms. The van der Waals surface area contributed by atoms with Gasteiger partial charge in [0.2, 0.25) is 0 Å². The monoisotopic (exact) mass is 413 g/mol. The first-order chi connectivity index (χ1) is 13.9. The summed E-state index contributed by atoms with van der Waals surface area (Å²) in [6, 6.07) is 11.1. The van der Waals surface area contributed by atoms with Gasteiger partial charge >= 0.3 is 11.8 Å². The first-order valence-corrected chi connectivity index (χ1v) is 9.63. The second-order valence-electron chi connectivity index (χ2n) is 6.34. The molecule has 2 heterocycles. The molecule has 0 saturated heterocycles. The predicted molar refractivity (Wildman–Crippen MR) is 109 cm³/mol. The van der Waals surface area contributed by atoms with Crippen molar-refractivity contribution in [2.75, 3.05) is 11.9 Å². The number of para-hydroxylation sites is 2. The molecule has 0 spiro atoms. The molecule has 3 rings (SSSR count). The fourth-order valence-electron chi connectivity index (χ4n) is 2.94. The Balaban J connectivity index is 1.71. The number of aryl methyl sites for hydroxylation is 2. The molecule has 0 radical (unpaired) electrons. The maximum atomic E-state index is 12.3. The molecular weight excluding hydrogens is 394 g/mol. The number of nitrogens with one attached hydrogen (secondary N) is 2. The van der Waals surface area contributed by atoms with Crippen molar-refractivity contribution in [3.05, 3.63) is 74.2 Å². The van der Waals surface area contributed by atoms with Crippen LogP contribution in [-0.2, 0) is 9.59 Å². The van der Waals surface area contributed by atoms with Crippen LogP contribution in [0.1, 0.15) is 22.3 Å². The summed E-state index contributed by atoms with van der Waals surface area (Å²) in [4.78, 5) is 35.9. The Morgan fingerprint density at radius 1 is 1.21 bits per heavy atom. The lowest BCUT2D eigenvalue weighted by molar-refractivity contribution is -0.383. The Morgan fingerprint density at radius 2 is 1.97 bits per heavy atom. The minimum Gasteiger partial charge on any atom is -0.345 e. The van der Waals surface area contributed by atoms with E-state index in [-0.39, 0.29) is 24.0 Å². The molecule has 10 heteroatoms. The normalized spacial score (nSPS) is 11.7. The second kappa shape index (κ2) is 8.65. The number of thiophene rings is 1. The van der Waals surface area contributed by atoms with Crippen molar-refractivity contribution in [2.24, 2.45) is 0 Å². The molecule has 2 amide bonds. The number of nitro groups is 1. The SMILES string of the molecule is Cc1cc(C)n(C(CNC(=O)C(=O)Nc2ccccc2[N+](=O)[O-])c2cccs2)n1. The standard InChI is InChI=1S/C19H19N5O4S/c1-12-10-13(2)23(22-12)16(17-8-5-9-29-17)11-20-18(25)19(26)21-14-6-3-4-7-15(14)24(27)28/h3-10,16H,11H2,1-2H3,(H,20,25)(H,21,26). The van der Waals surface area contributed by atoms with E-state index in [0.717, 1.165) is 16.3 Å². The van der Waals surface area contributed by atoms with E-state index in [1.54, 1.807) is 4.68 Å². The van der Waals surface area contributed by atoms with Crippen molar-refractivity contribution in [1.82, 2.24) is 15.1 Å². The molecule has 0 aliphatic carbocycles. The van der Waals surface area contributed by atoms with E-state index < -0.39 is 16.7 Å². The van der Waals surface area contributed by atoms with Gasteiger partial charge in [0.05, 0.1) is 10.6 Å². The van der Waals surface area contributed by atoms with Gasteiger partial charge in [0.25, 0.3) is 5.69 Å². The first-order valence-electron chi connectivity index (χ1n) is 8.75. The predicted octanol–water partition coefficient (Wildman–Crippen LogP) is 2.81. The lowest BCUT2D eigenvalue weighted by Crippen LogP contribution is -2.39. The van der Waals surface area contributed by atoms with Gasteiger partial charge in [0, 0.05) is 23.2 Å². The summed E-state index contributed by atoms with van der Waals surface area (Å²) in [6.07, 6.45) is 0. The van der Waals surface area contributed by atoms with Crippen molar-refractivity contribution in [3.8, 4) is 0 Å². The minimum absolute atomic E-state index is 0.0361. The molecule has 9 nitrogen and oxygen atoms in total. The number of amides is 2. The Labute approximate surface area is 170 Å². The summed E-state index contributed by atoms with van der Waals surface area (Å²) in [6.45, 7) is 3.95. The number of nitro benzene ring substituents is 1. The minimum atomic E-state index is -0.974. The molecule has 2 aromatic heterocycles. The first kappa shape index (κ1) is 20.2. The summed E-state index contributed by atoms with van der Waals surface area (Å²) in [7, 11) is 0. The molecule has 1 unspecified atom stereocenters. The van der Waals surface area contributed by atoms with Crippen molar-refractivity contribution < 1.29 is 14.5 Å². The van der Waals surface area contributed by atoms with Gasteiger partial charge in [-0.25, -0.2) is 0 Å². The van der Waals surface area contributed by atoms with Gasteiger partial charge in [-0.1, -0.05) is 18.2 Å². The third-order valence-electron chi connectivity index (χ3n) is 4.22. The van der Waals surface area contributed by atoms with Gasteiger partial charge in [0.1, 0.15) is 11.7 Å². The summed E-state index contributed by atoms with van der Waals surface area (Å²) < 4.78 is 1.81. The number of anilines is 1. The summed E-state index contributed by atoms with van der Waals surface area (Å²) in [5.41, 5.74) is 1.46. The largest absolute Gasteiger partial charge is 0.345 e. The third kappa shape index (κ3) is 4.66. The summed E-state index contributed by atoms with van der Waals surface area (Å²) >= 11 is 1.52. The maximum absolute atomic E-state index is 12.3. The van der Waals surface area contributed by atoms with Crippen LogP contribution in [-0.4, -0.2) is 33.1 Å². The Bertz CT molecular complexity index is 1040. The van der Waals surface area contributed by atoms with Crippen LogP contribution in [0.15, 0.2) is 47.8 Å². The van der Waals surface area contributed by atoms with E-state index in [0.29, 0.717) is 0 Å². The lowest BCUT2D eigenvalue weighted by atomic mass is 10.2. The van der Waals surface area contributed by atoms with Crippen LogP contribution in [0.4, 0.5) is 11.4 Å². The number of hydrogen-bond donors (Lipinski definition) is 2. The number of hydrogen-bond acceptors (Lipinski definition) is 6. The average molecular weight is 413 g/mol. The third-order valence-corrected chi connectivity index (χ3v) is 5.20. The van der Waals surface area contributed by atoms with Crippen LogP contribution < -0.4 is 10.6 Å². The number of carbonyl (C=O) groups excluding carboxylic acids is 2. The molecule has 0 fully saturated rings. The van der Waals surface area contributed by atoms with Crippen LogP contribution in [0.3, 0.4) is 0 Å². The molecule has 0 aliphatic rings. The molecule has 0 aliphatic heterocycles. The highest BCUT2D eigenvalue weighted by molar-refractivity contribution is 7.10. The smallest absolute Gasteiger partial charge is 0.313 e. The van der Waals surface area contributed by atoms with Crippen LogP contribution in [0.2, 0.25) is 0 Å². The number of aromatic nitrogens is 2. The van der Waals surface area contributed by atoms with E-state index in [9.17, 15) is 19.7 Å². The van der Waals surface area contributed by atoms with Crippen molar-refractivity contribution in [3.63, 3.8) is 0 Å². The summed E-state index contributed by atoms with van der Waals surface area (Å²) in [5.74, 6) is -1.86. The number of nitrogens with zero attached hydrogens (tertiary/aromatic N) is 3. The van der Waals surface area contributed by atoms with Gasteiger partial charge in [0.15, 0.2) is 0 Å². The highest BCUT2D eigenvalue weighted by Gasteiger charge is 2.23. The van der Waals surface area contributed by atoms with Crippen LogP contribution >= 0.6 is 11.3 Å². The second-order valence-corrected chi connectivity index (χ2v) is 7.32. The van der Waals surface area contributed by atoms with Crippen LogP contribution in [0.25, 0.3) is 0 Å². The fraction of sp³-hybridized carbons (Fsp3) is 0.211. The number of rotatable bonds is 6. The zero-order valence-corrected chi connectivity index (χ0v) is 16.6. The number of carbonyl (C=O) groups is 2. The van der Waals surface area contributed by atoms with E-state index in [4.69, 9.17) is 0 Å². The summed E-state index contributed by atoms with van der Waals surface area (Å²) in [5, 5.41) is 22.4. The van der Waals surface area contributed by atoms with Crippen molar-refractivity contribution in [2.45, 2.75) is 19.9 Å². The maximum Gasteiger partial charge on any atom is 0.313 e. The van der Waals surface area contributed by atoms with Crippen LogP contribution in [0, 0.1) is 24.0 Å². The van der Waals surface area contributed by atoms with E-state index in [1.165, 1.54) is 35.6 Å². The highest BCUT2D eigenvalue weighted by Crippen LogP contribution is 2.25. The number of benzene rings is 1. The van der Waals surface area contributed by atoms with Gasteiger partial charge in [-0.2, -0.15) is 5.10 Å². The molecular formula is C19H19N5O4S. The van der Waals surface area contributed by atoms with Gasteiger partial charge in [-0.05, 0) is 37.4 Å². The average Bonchev–Trinajstić information content (AvgIpc) is 3.32. The molecule has 29 heavy (non-hydrogen) atoms. The quantitative estimate of drug-likeness (QED) is 0.366. The molecule has 1 atom stereocenters. The molecule has 150 valence electrons. The van der Waals surface area contributed by atoms with E-state index in [1.807, 2.05) is 37.4 Å². The molecule has 2 N–H and O–H groups in total. The van der Waals surface area contributed by atoms with Crippen molar-refractivity contribution >= 4 is 34.5 Å². The molecule has 1 aromatic carbocycles. The zero-order valence-electron chi connectivity index (χ0n) is 15.8. The fourth-order valence-corrected chi connectivity index (χ4v) is 3.75. The van der Waals surface area contributed by atoms with E-state index in [2.05, 4.69) is 15.7 Å². The Hall–Kier alpha value is -3.53. The molecule has 3 aromatic rings. The Morgan fingerprint density at radius 3 is 2.59 bits per heavy atom. The van der Waals surface area contributed by atoms with Crippen molar-refractivity contribution in [1.29, 1.82) is 0 Å². The van der Waals surface area contributed by atoms with Crippen LogP contribution in [0.5, 0.6) is 0 Å². The van der Waals surface area contributed by atoms with E-state index >= 15 is 0 Å². The molecule has 0 saturated carbocycles. The highest BCUT2D eigenvalue weighted by atomic mass is 32.1. The topological polar surface area (TPSA) is 119 Å². The zero-order chi connectivity index (χ0) is 21.0. The van der Waals surface area contributed by atoms with Gasteiger partial charge in [-0.3, -0.25) is 24.4 Å². The Kier molecular flexibility index (Phi) is 6.03. The van der Waals surface area contributed by atoms with Gasteiger partial charge in [-0.15, -0.1) is 11.3 Å². The lowest BCUT2D eigenvalue weighted by Gasteiger charge is -2.18.